The molecule has 2 atom stereocenters. The summed E-state index contributed by atoms with van der Waals surface area (Å²) in [5.74, 6) is -0.415. The maximum atomic E-state index is 11.7. The van der Waals surface area contributed by atoms with E-state index >= 15 is 0 Å². The molecule has 4 heteroatoms. The summed E-state index contributed by atoms with van der Waals surface area (Å²) < 4.78 is 10.7. The summed E-state index contributed by atoms with van der Waals surface area (Å²) in [5.41, 5.74) is 0. The molecule has 1 heterocycles. The van der Waals surface area contributed by atoms with E-state index in [9.17, 15) is 9.59 Å². The van der Waals surface area contributed by atoms with Gasteiger partial charge in [0.2, 0.25) is 0 Å². The van der Waals surface area contributed by atoms with Gasteiger partial charge in [-0.15, -0.1) is 0 Å². The number of hydrogen-bond donors (Lipinski definition) is 0. The number of carbonyl (C=O) groups is 2. The smallest absolute Gasteiger partial charge is 0.306 e. The zero-order chi connectivity index (χ0) is 14.8. The van der Waals surface area contributed by atoms with Gasteiger partial charge >= 0.3 is 11.9 Å². The lowest BCUT2D eigenvalue weighted by Crippen LogP contribution is -2.20. The number of hydrogen-bond acceptors (Lipinski definition) is 4. The lowest BCUT2D eigenvalue weighted by molar-refractivity contribution is -0.149. The van der Waals surface area contributed by atoms with Gasteiger partial charge in [0.05, 0.1) is 0 Å². The second kappa shape index (κ2) is 9.56. The number of rotatable bonds is 5. The van der Waals surface area contributed by atoms with Crippen molar-refractivity contribution in [1.82, 2.24) is 0 Å². The SMILES string of the molecule is CCCCCC1C/C=C/[C@@H](OC(C)=O)CCCC(=O)O1. The van der Waals surface area contributed by atoms with E-state index in [4.69, 9.17) is 9.47 Å². The van der Waals surface area contributed by atoms with Crippen LogP contribution in [0.15, 0.2) is 12.2 Å². The van der Waals surface area contributed by atoms with E-state index in [1.165, 1.54) is 6.92 Å². The number of esters is 2. The minimum Gasteiger partial charge on any atom is -0.462 e. The van der Waals surface area contributed by atoms with Gasteiger partial charge in [-0.3, -0.25) is 9.59 Å². The summed E-state index contributed by atoms with van der Waals surface area (Å²) in [6.07, 6.45) is 10.4. The third-order valence-electron chi connectivity index (χ3n) is 3.36. The van der Waals surface area contributed by atoms with Gasteiger partial charge in [0.1, 0.15) is 12.2 Å². The van der Waals surface area contributed by atoms with Gasteiger partial charge in [-0.25, -0.2) is 0 Å². The van der Waals surface area contributed by atoms with Crippen LogP contribution in [0.5, 0.6) is 0 Å². The van der Waals surface area contributed by atoms with Gasteiger partial charge in [-0.05, 0) is 31.8 Å². The molecule has 4 nitrogen and oxygen atoms in total. The number of ether oxygens (including phenoxy) is 2. The predicted octanol–water partition coefficient (Wildman–Crippen LogP) is 3.54. The molecule has 0 aromatic rings. The molecule has 0 amide bonds. The number of cyclic esters (lactones) is 1. The zero-order valence-corrected chi connectivity index (χ0v) is 12.6. The maximum absolute atomic E-state index is 11.7. The van der Waals surface area contributed by atoms with Gasteiger partial charge in [0.25, 0.3) is 0 Å². The molecule has 20 heavy (non-hydrogen) atoms. The molecular weight excluding hydrogens is 256 g/mol. The molecule has 0 aromatic heterocycles. The average Bonchev–Trinajstić information content (AvgIpc) is 2.37. The van der Waals surface area contributed by atoms with Gasteiger partial charge in [0, 0.05) is 19.8 Å². The van der Waals surface area contributed by atoms with Gasteiger partial charge in [-0.2, -0.15) is 0 Å². The lowest BCUT2D eigenvalue weighted by atomic mass is 10.0. The van der Waals surface area contributed by atoms with Crippen LogP contribution in [-0.4, -0.2) is 24.1 Å². The third kappa shape index (κ3) is 7.31. The Balaban J connectivity index is 2.55. The molecule has 1 aliphatic rings. The van der Waals surface area contributed by atoms with Crippen molar-refractivity contribution in [1.29, 1.82) is 0 Å². The summed E-state index contributed by atoms with van der Waals surface area (Å²) in [5, 5.41) is 0. The molecule has 0 bridgehead atoms. The van der Waals surface area contributed by atoms with E-state index in [1.54, 1.807) is 0 Å². The molecule has 0 aromatic carbocycles. The highest BCUT2D eigenvalue weighted by atomic mass is 16.5. The van der Waals surface area contributed by atoms with Crippen LogP contribution in [0.3, 0.4) is 0 Å². The fraction of sp³-hybridized carbons (Fsp3) is 0.750. The Hall–Kier alpha value is -1.32. The number of unbranched alkanes of at least 4 members (excludes halogenated alkanes) is 2. The predicted molar refractivity (Wildman–Crippen MR) is 77.2 cm³/mol. The Morgan fingerprint density at radius 2 is 2.25 bits per heavy atom. The molecular formula is C16H26O4. The van der Waals surface area contributed by atoms with Crippen molar-refractivity contribution < 1.29 is 19.1 Å². The quantitative estimate of drug-likeness (QED) is 0.439. The molecule has 0 aliphatic carbocycles. The van der Waals surface area contributed by atoms with Crippen molar-refractivity contribution in [2.75, 3.05) is 0 Å². The van der Waals surface area contributed by atoms with Gasteiger partial charge in [-0.1, -0.05) is 25.8 Å². The molecule has 0 N–H and O–H groups in total. The van der Waals surface area contributed by atoms with Gasteiger partial charge < -0.3 is 9.47 Å². The van der Waals surface area contributed by atoms with E-state index in [2.05, 4.69) is 6.92 Å². The van der Waals surface area contributed by atoms with Crippen molar-refractivity contribution in [2.45, 2.75) is 77.4 Å². The highest BCUT2D eigenvalue weighted by Crippen LogP contribution is 2.16. The second-order valence-corrected chi connectivity index (χ2v) is 5.31. The molecule has 0 spiro atoms. The average molecular weight is 282 g/mol. The Morgan fingerprint density at radius 3 is 2.95 bits per heavy atom. The van der Waals surface area contributed by atoms with Crippen molar-refractivity contribution in [3.05, 3.63) is 12.2 Å². The van der Waals surface area contributed by atoms with E-state index < -0.39 is 0 Å². The molecule has 0 saturated heterocycles. The minimum atomic E-state index is -0.279. The monoisotopic (exact) mass is 282 g/mol. The largest absolute Gasteiger partial charge is 0.462 e. The van der Waals surface area contributed by atoms with Crippen LogP contribution < -0.4 is 0 Å². The van der Waals surface area contributed by atoms with Crippen LogP contribution in [0.25, 0.3) is 0 Å². The Bertz CT molecular complexity index is 335. The van der Waals surface area contributed by atoms with Crippen LogP contribution in [0, 0.1) is 0 Å². The Labute approximate surface area is 121 Å². The van der Waals surface area contributed by atoms with Crippen LogP contribution in [0.4, 0.5) is 0 Å². The summed E-state index contributed by atoms with van der Waals surface area (Å²) in [7, 11) is 0. The normalized spacial score (nSPS) is 25.6. The molecule has 0 fully saturated rings. The van der Waals surface area contributed by atoms with E-state index in [-0.39, 0.29) is 24.1 Å². The van der Waals surface area contributed by atoms with Crippen LogP contribution in [0.1, 0.15) is 65.2 Å². The molecule has 1 unspecified atom stereocenters. The highest BCUT2D eigenvalue weighted by Gasteiger charge is 2.17. The van der Waals surface area contributed by atoms with Crippen molar-refractivity contribution >= 4 is 11.9 Å². The lowest BCUT2D eigenvalue weighted by Gasteiger charge is -2.19. The van der Waals surface area contributed by atoms with E-state index in [0.717, 1.165) is 25.7 Å². The molecule has 0 saturated carbocycles. The summed E-state index contributed by atoms with van der Waals surface area (Å²) >= 11 is 0. The second-order valence-electron chi connectivity index (χ2n) is 5.31. The first-order chi connectivity index (χ1) is 9.61. The molecule has 1 aliphatic heterocycles. The zero-order valence-electron chi connectivity index (χ0n) is 12.6. The van der Waals surface area contributed by atoms with Crippen LogP contribution >= 0.6 is 0 Å². The first kappa shape index (κ1) is 16.7. The van der Waals surface area contributed by atoms with Crippen molar-refractivity contribution in [3.8, 4) is 0 Å². The topological polar surface area (TPSA) is 52.6 Å². The molecule has 0 radical (unpaired) electrons. The first-order valence-corrected chi connectivity index (χ1v) is 7.65. The Morgan fingerprint density at radius 1 is 1.45 bits per heavy atom. The van der Waals surface area contributed by atoms with Crippen molar-refractivity contribution in [3.63, 3.8) is 0 Å². The standard InChI is InChI=1S/C16H26O4/c1-3-4-5-8-15-10-6-9-14(19-13(2)17)11-7-12-16(18)20-15/h6,9,14-15H,3-5,7-8,10-12H2,1-2H3/b9-6+/t14-,15?/m1/s1. The summed E-state index contributed by atoms with van der Waals surface area (Å²) in [6, 6.07) is 0. The highest BCUT2D eigenvalue weighted by molar-refractivity contribution is 5.69. The summed E-state index contributed by atoms with van der Waals surface area (Å²) in [6.45, 7) is 3.57. The van der Waals surface area contributed by atoms with E-state index in [0.29, 0.717) is 25.7 Å². The summed E-state index contributed by atoms with van der Waals surface area (Å²) in [4.78, 5) is 22.7. The third-order valence-corrected chi connectivity index (χ3v) is 3.36. The molecule has 114 valence electrons. The minimum absolute atomic E-state index is 0.0404. The van der Waals surface area contributed by atoms with E-state index in [1.807, 2.05) is 12.2 Å². The fourth-order valence-corrected chi connectivity index (χ4v) is 2.33. The Kier molecular flexibility index (Phi) is 8.00. The van der Waals surface area contributed by atoms with Gasteiger partial charge in [0.15, 0.2) is 0 Å². The fourth-order valence-electron chi connectivity index (χ4n) is 2.33. The van der Waals surface area contributed by atoms with Crippen LogP contribution in [0.2, 0.25) is 0 Å². The number of carbonyl (C=O) groups excluding carboxylic acids is 2. The maximum Gasteiger partial charge on any atom is 0.306 e. The van der Waals surface area contributed by atoms with Crippen LogP contribution in [-0.2, 0) is 19.1 Å². The van der Waals surface area contributed by atoms with Crippen molar-refractivity contribution in [2.24, 2.45) is 0 Å². The first-order valence-electron chi connectivity index (χ1n) is 7.65. The molecule has 1 rings (SSSR count).